The first-order chi connectivity index (χ1) is 25.2. The Morgan fingerprint density at radius 2 is 0.623 bits per heavy atom. The van der Waals surface area contributed by atoms with Gasteiger partial charge in [0.2, 0.25) is 0 Å². The molecule has 0 atom stereocenters. The van der Waals surface area contributed by atoms with Crippen LogP contribution in [0.5, 0.6) is 0 Å². The van der Waals surface area contributed by atoms with Gasteiger partial charge in [0, 0.05) is 50.5 Å². The van der Waals surface area contributed by atoms with Crippen molar-refractivity contribution in [1.82, 2.24) is 0 Å². The van der Waals surface area contributed by atoms with E-state index in [1.54, 1.807) is 0 Å². The summed E-state index contributed by atoms with van der Waals surface area (Å²) in [7, 11) is -0.892. The fourth-order valence-corrected chi connectivity index (χ4v) is 10.3. The number of nitrogens with zero attached hydrogens (tertiary/aromatic N) is 2. The molecule has 2 radical (unpaired) electrons. The van der Waals surface area contributed by atoms with Gasteiger partial charge in [-0.25, -0.2) is 5.01 Å². The number of amides is 1. The van der Waals surface area contributed by atoms with Crippen molar-refractivity contribution >= 4 is 65.0 Å². The van der Waals surface area contributed by atoms with E-state index in [1.165, 1.54) is 36.8 Å². The molecular weight excluding hydrogens is 1050 g/mol. The first-order valence-corrected chi connectivity index (χ1v) is 19.7. The maximum atomic E-state index is 11.4. The molecule has 1 aliphatic rings. The molecule has 0 spiro atoms. The summed E-state index contributed by atoms with van der Waals surface area (Å²) < 4.78 is 0. The van der Waals surface area contributed by atoms with Gasteiger partial charge in [0.15, 0.2) is 0 Å². The van der Waals surface area contributed by atoms with Crippen LogP contribution < -0.4 is 36.8 Å². The fourth-order valence-electron chi connectivity index (χ4n) is 5.68. The van der Waals surface area contributed by atoms with Crippen LogP contribution in [0.25, 0.3) is 0 Å². The van der Waals surface area contributed by atoms with Gasteiger partial charge in [-0.2, -0.15) is 5.10 Å². The van der Waals surface area contributed by atoms with Crippen molar-refractivity contribution in [3.05, 3.63) is 212 Å². The monoisotopic (exact) mass is 1090 g/mol. The molecule has 8 rings (SSSR count). The van der Waals surface area contributed by atoms with E-state index in [9.17, 15) is 4.79 Å². The molecule has 3 nitrogen and oxygen atoms in total. The Morgan fingerprint density at radius 1 is 0.396 bits per heavy atom. The molecule has 7 aromatic rings. The average Bonchev–Trinajstić information content (AvgIpc) is 3.56. The van der Waals surface area contributed by atoms with Crippen LogP contribution in [-0.2, 0) is 49.6 Å². The van der Waals surface area contributed by atoms with Crippen LogP contribution >= 0.6 is 15.8 Å². The Bertz CT molecular complexity index is 1790. The van der Waals surface area contributed by atoms with Crippen LogP contribution in [0.2, 0.25) is 0 Å². The van der Waals surface area contributed by atoms with Gasteiger partial charge < -0.3 is 0 Å². The summed E-state index contributed by atoms with van der Waals surface area (Å²) in [6.07, 6.45) is 0.439. The third kappa shape index (κ3) is 12.0. The normalized spacial score (nSPS) is 11.6. The van der Waals surface area contributed by atoms with Crippen molar-refractivity contribution in [2.24, 2.45) is 5.10 Å². The van der Waals surface area contributed by atoms with Crippen molar-refractivity contribution in [3.8, 4) is 0 Å². The number of carbonyl (C=O) groups is 1. The maximum Gasteiger partial charge on any atom is 0.253 e. The van der Waals surface area contributed by atoms with Gasteiger partial charge >= 0.3 is 0 Å². The molecule has 7 heteroatoms. The van der Waals surface area contributed by atoms with Crippen LogP contribution in [-0.4, -0.2) is 11.6 Å². The van der Waals surface area contributed by atoms with Gasteiger partial charge in [-0.1, -0.05) is 200 Å². The molecule has 1 heterocycles. The standard InChI is InChI=1S/2C18H15P.C10H10N2O.2Au/c2*1-4-10-16(11-5-1)19(17-12-6-2-7-13-17)18-14-8-3-9-15-18;1-8-7-10(13)12(11-8)9-5-3-2-4-6-9;;/h2*1-15H;2-6H,7H2,1H3;;. The fraction of sp³-hybridized carbons (Fsp3) is 0.0435. The number of hydrogen-bond acceptors (Lipinski definition) is 2. The average molecular weight is 1090 g/mol. The summed E-state index contributed by atoms with van der Waals surface area (Å²) in [5.41, 5.74) is 1.71. The van der Waals surface area contributed by atoms with Gasteiger partial charge in [0.25, 0.3) is 5.91 Å². The van der Waals surface area contributed by atoms with E-state index in [0.29, 0.717) is 6.42 Å². The molecule has 1 amide bonds. The Kier molecular flexibility index (Phi) is 17.6. The van der Waals surface area contributed by atoms with Crippen LogP contribution in [0, 0.1) is 0 Å². The minimum absolute atomic E-state index is 0. The van der Waals surface area contributed by atoms with Crippen molar-refractivity contribution < 1.29 is 49.6 Å². The molecule has 7 aromatic carbocycles. The van der Waals surface area contributed by atoms with Crippen LogP contribution in [0.15, 0.2) is 217 Å². The van der Waals surface area contributed by atoms with E-state index in [1.807, 2.05) is 37.3 Å². The van der Waals surface area contributed by atoms with E-state index in [0.717, 1.165) is 11.4 Å². The molecule has 0 N–H and O–H groups in total. The Hall–Kier alpha value is -3.98. The summed E-state index contributed by atoms with van der Waals surface area (Å²) in [5, 5.41) is 14.0. The summed E-state index contributed by atoms with van der Waals surface area (Å²) in [4.78, 5) is 11.4. The molecule has 0 saturated heterocycles. The second kappa shape index (κ2) is 22.3. The van der Waals surface area contributed by atoms with Gasteiger partial charge in [0.05, 0.1) is 12.1 Å². The largest absolute Gasteiger partial charge is 0.272 e. The summed E-state index contributed by atoms with van der Waals surface area (Å²) >= 11 is 0. The van der Waals surface area contributed by atoms with Gasteiger partial charge in [-0.05, 0) is 66.7 Å². The van der Waals surface area contributed by atoms with Crippen molar-refractivity contribution in [2.75, 3.05) is 5.01 Å². The molecule has 1 aliphatic heterocycles. The minimum Gasteiger partial charge on any atom is -0.272 e. The van der Waals surface area contributed by atoms with Gasteiger partial charge in [-0.15, -0.1) is 0 Å². The van der Waals surface area contributed by atoms with Crippen LogP contribution in [0.3, 0.4) is 0 Å². The number of rotatable bonds is 7. The van der Waals surface area contributed by atoms with Crippen LogP contribution in [0.1, 0.15) is 13.3 Å². The first-order valence-electron chi connectivity index (χ1n) is 17.0. The molecule has 272 valence electrons. The third-order valence-corrected chi connectivity index (χ3v) is 12.9. The summed E-state index contributed by atoms with van der Waals surface area (Å²) in [5.74, 6) is 0.0451. The van der Waals surface area contributed by atoms with Crippen molar-refractivity contribution in [3.63, 3.8) is 0 Å². The molecule has 0 bridgehead atoms. The molecule has 0 fully saturated rings. The van der Waals surface area contributed by atoms with Crippen molar-refractivity contribution in [2.45, 2.75) is 13.3 Å². The van der Waals surface area contributed by atoms with E-state index >= 15 is 0 Å². The second-order valence-electron chi connectivity index (χ2n) is 11.7. The van der Waals surface area contributed by atoms with Gasteiger partial charge in [-0.3, -0.25) is 4.79 Å². The zero-order valence-electron chi connectivity index (χ0n) is 29.2. The molecular formula is C46H40Au2N2OP2. The predicted molar refractivity (Wildman–Crippen MR) is 222 cm³/mol. The molecule has 0 unspecified atom stereocenters. The predicted octanol–water partition coefficient (Wildman–Crippen LogP) is 8.68. The number of hydrogen-bond donors (Lipinski definition) is 0. The van der Waals surface area contributed by atoms with E-state index < -0.39 is 15.8 Å². The number of carbonyl (C=O) groups excluding carboxylic acids is 1. The molecule has 0 aliphatic carbocycles. The summed E-state index contributed by atoms with van der Waals surface area (Å²) in [6.45, 7) is 1.86. The molecule has 0 saturated carbocycles. The summed E-state index contributed by atoms with van der Waals surface area (Å²) in [6, 6.07) is 74.1. The quantitative estimate of drug-likeness (QED) is 0.116. The molecule has 53 heavy (non-hydrogen) atoms. The van der Waals surface area contributed by atoms with E-state index in [4.69, 9.17) is 0 Å². The SMILES string of the molecule is CC1=NN(c2ccccc2)C(=O)C1.[Au].[Au].c1ccc(P(c2ccccc2)c2ccccc2)cc1.c1ccc(P(c2ccccc2)c2ccccc2)cc1. The topological polar surface area (TPSA) is 32.7 Å². The zero-order valence-corrected chi connectivity index (χ0v) is 35.3. The number of para-hydroxylation sites is 1. The first kappa shape index (κ1) is 41.8. The number of anilines is 1. The minimum atomic E-state index is -0.446. The second-order valence-corrected chi connectivity index (χ2v) is 16.2. The maximum absolute atomic E-state index is 11.4. The Labute approximate surface area is 347 Å². The Balaban J connectivity index is 0.000000178. The number of benzene rings is 7. The van der Waals surface area contributed by atoms with E-state index in [2.05, 4.69) is 187 Å². The van der Waals surface area contributed by atoms with Crippen LogP contribution in [0.4, 0.5) is 5.69 Å². The number of hydrazone groups is 1. The Morgan fingerprint density at radius 3 is 0.830 bits per heavy atom. The van der Waals surface area contributed by atoms with E-state index in [-0.39, 0.29) is 50.7 Å². The van der Waals surface area contributed by atoms with Crippen molar-refractivity contribution in [1.29, 1.82) is 0 Å². The molecule has 0 aromatic heterocycles. The van der Waals surface area contributed by atoms with Gasteiger partial charge in [0.1, 0.15) is 0 Å². The zero-order chi connectivity index (χ0) is 35.1. The smallest absolute Gasteiger partial charge is 0.253 e. The third-order valence-electron chi connectivity index (χ3n) is 8.00.